The van der Waals surface area contributed by atoms with Crippen molar-refractivity contribution in [3.63, 3.8) is 0 Å². The number of hydrogen-bond acceptors (Lipinski definition) is 3. The zero-order valence-corrected chi connectivity index (χ0v) is 11.8. The Bertz CT molecular complexity index is 696. The second-order valence-corrected chi connectivity index (χ2v) is 6.07. The molecule has 0 spiro atoms. The second-order valence-electron chi connectivity index (χ2n) is 6.07. The summed E-state index contributed by atoms with van der Waals surface area (Å²) in [6.07, 6.45) is 3.05. The van der Waals surface area contributed by atoms with E-state index in [1.54, 1.807) is 12.1 Å². The molecule has 0 saturated heterocycles. The Morgan fingerprint density at radius 3 is 2.62 bits per heavy atom. The largest absolute Gasteiger partial charge is 0.504 e. The quantitative estimate of drug-likeness (QED) is 0.651. The fourth-order valence-electron chi connectivity index (χ4n) is 3.90. The van der Waals surface area contributed by atoms with Crippen LogP contribution in [0.3, 0.4) is 0 Å². The third-order valence-corrected chi connectivity index (χ3v) is 4.89. The number of aryl methyl sites for hydroxylation is 1. The number of phenolic OH excluding ortho intramolecular Hbond substituents is 2. The van der Waals surface area contributed by atoms with E-state index in [2.05, 4.69) is 29.6 Å². The van der Waals surface area contributed by atoms with Gasteiger partial charge in [0.1, 0.15) is 0 Å². The number of hydrogen-bond donors (Lipinski definition) is 3. The minimum atomic E-state index is -0.0175. The Morgan fingerprint density at radius 1 is 0.905 bits per heavy atom. The van der Waals surface area contributed by atoms with Crippen molar-refractivity contribution in [1.82, 2.24) is 5.32 Å². The predicted octanol–water partition coefficient (Wildman–Crippen LogP) is 2.69. The summed E-state index contributed by atoms with van der Waals surface area (Å²) < 4.78 is 0. The molecule has 3 nitrogen and oxygen atoms in total. The van der Waals surface area contributed by atoms with Crippen LogP contribution in [-0.2, 0) is 12.8 Å². The van der Waals surface area contributed by atoms with Gasteiger partial charge >= 0.3 is 0 Å². The Kier molecular flexibility index (Phi) is 2.89. The predicted molar refractivity (Wildman–Crippen MR) is 81.9 cm³/mol. The molecule has 0 amide bonds. The van der Waals surface area contributed by atoms with Gasteiger partial charge < -0.3 is 15.5 Å². The molecule has 0 radical (unpaired) electrons. The summed E-state index contributed by atoms with van der Waals surface area (Å²) in [7, 11) is 0. The monoisotopic (exact) mass is 281 g/mol. The second kappa shape index (κ2) is 4.78. The molecule has 2 aromatic carbocycles. The lowest BCUT2D eigenvalue weighted by atomic mass is 9.74. The summed E-state index contributed by atoms with van der Waals surface area (Å²) in [6.45, 7) is 0.998. The van der Waals surface area contributed by atoms with E-state index < -0.39 is 0 Å². The van der Waals surface area contributed by atoms with Crippen molar-refractivity contribution < 1.29 is 10.2 Å². The molecule has 2 atom stereocenters. The van der Waals surface area contributed by atoms with Gasteiger partial charge in [-0.2, -0.15) is 0 Å². The molecule has 1 heterocycles. The highest BCUT2D eigenvalue weighted by Gasteiger charge is 2.34. The number of phenols is 2. The summed E-state index contributed by atoms with van der Waals surface area (Å²) in [5.74, 6) is 0.233. The highest BCUT2D eigenvalue weighted by Crippen LogP contribution is 2.43. The molecule has 21 heavy (non-hydrogen) atoms. The Labute approximate surface area is 124 Å². The van der Waals surface area contributed by atoms with Crippen LogP contribution in [0.25, 0.3) is 0 Å². The Balaban J connectivity index is 1.92. The van der Waals surface area contributed by atoms with Crippen LogP contribution in [0.1, 0.15) is 34.6 Å². The number of fused-ring (bicyclic) bond motifs is 5. The van der Waals surface area contributed by atoms with Crippen LogP contribution in [0.2, 0.25) is 0 Å². The summed E-state index contributed by atoms with van der Waals surface area (Å²) in [4.78, 5) is 0. The van der Waals surface area contributed by atoms with Crippen molar-refractivity contribution in [2.45, 2.75) is 31.2 Å². The number of benzene rings is 2. The van der Waals surface area contributed by atoms with Crippen LogP contribution >= 0.6 is 0 Å². The first-order valence-corrected chi connectivity index (χ1v) is 7.60. The van der Waals surface area contributed by atoms with Crippen LogP contribution < -0.4 is 5.32 Å². The molecule has 3 N–H and O–H groups in total. The van der Waals surface area contributed by atoms with Crippen molar-refractivity contribution >= 4 is 0 Å². The lowest BCUT2D eigenvalue weighted by Crippen LogP contribution is -2.38. The maximum Gasteiger partial charge on any atom is 0.157 e. The normalized spacial score (nSPS) is 23.6. The van der Waals surface area contributed by atoms with Crippen LogP contribution in [0.15, 0.2) is 36.4 Å². The van der Waals surface area contributed by atoms with E-state index in [-0.39, 0.29) is 17.4 Å². The minimum Gasteiger partial charge on any atom is -0.504 e. The minimum absolute atomic E-state index is 0.0120. The summed E-state index contributed by atoms with van der Waals surface area (Å²) in [5, 5.41) is 23.3. The van der Waals surface area contributed by atoms with Gasteiger partial charge in [0.25, 0.3) is 0 Å². The molecular formula is C18H19NO2. The van der Waals surface area contributed by atoms with Gasteiger partial charge in [-0.15, -0.1) is 0 Å². The third kappa shape index (κ3) is 2.00. The molecule has 0 aromatic heterocycles. The van der Waals surface area contributed by atoms with Gasteiger partial charge in [-0.25, -0.2) is 0 Å². The lowest BCUT2D eigenvalue weighted by Gasteiger charge is -2.34. The molecular weight excluding hydrogens is 262 g/mol. The fraction of sp³-hybridized carbons (Fsp3) is 0.333. The van der Waals surface area contributed by atoms with Crippen molar-refractivity contribution in [2.24, 2.45) is 0 Å². The fourth-order valence-corrected chi connectivity index (χ4v) is 3.90. The molecule has 3 heteroatoms. The molecule has 2 aliphatic rings. The van der Waals surface area contributed by atoms with Gasteiger partial charge in [0, 0.05) is 12.0 Å². The van der Waals surface area contributed by atoms with Crippen LogP contribution in [-0.4, -0.2) is 22.8 Å². The van der Waals surface area contributed by atoms with E-state index in [4.69, 9.17) is 0 Å². The van der Waals surface area contributed by atoms with Crippen LogP contribution in [0.5, 0.6) is 11.5 Å². The van der Waals surface area contributed by atoms with E-state index in [1.165, 1.54) is 11.1 Å². The summed E-state index contributed by atoms with van der Waals surface area (Å²) >= 11 is 0. The van der Waals surface area contributed by atoms with Crippen molar-refractivity contribution in [1.29, 1.82) is 0 Å². The molecule has 1 aliphatic heterocycles. The summed E-state index contributed by atoms with van der Waals surface area (Å²) in [6, 6.07) is 12.5. The highest BCUT2D eigenvalue weighted by atomic mass is 16.3. The SMILES string of the molecule is Oc1cc2c(cc1O)[C@H]1c3ccccc3CCN[C@@H]1CC2. The van der Waals surface area contributed by atoms with Gasteiger partial charge in [0.2, 0.25) is 0 Å². The Hall–Kier alpha value is -2.00. The van der Waals surface area contributed by atoms with Gasteiger partial charge in [0.15, 0.2) is 11.5 Å². The average molecular weight is 281 g/mol. The molecule has 108 valence electrons. The molecule has 0 bridgehead atoms. The first-order valence-electron chi connectivity index (χ1n) is 7.60. The Morgan fingerprint density at radius 2 is 1.71 bits per heavy atom. The number of aromatic hydroxyl groups is 2. The highest BCUT2D eigenvalue weighted by molar-refractivity contribution is 5.52. The maximum absolute atomic E-state index is 9.91. The zero-order chi connectivity index (χ0) is 14.4. The first-order chi connectivity index (χ1) is 10.2. The van der Waals surface area contributed by atoms with Crippen molar-refractivity contribution in [3.8, 4) is 11.5 Å². The molecule has 0 unspecified atom stereocenters. The average Bonchev–Trinajstić information content (AvgIpc) is 2.68. The van der Waals surface area contributed by atoms with E-state index >= 15 is 0 Å². The van der Waals surface area contributed by atoms with Gasteiger partial charge in [0.05, 0.1) is 0 Å². The topological polar surface area (TPSA) is 52.5 Å². The van der Waals surface area contributed by atoms with Crippen molar-refractivity contribution in [2.75, 3.05) is 6.54 Å². The number of rotatable bonds is 0. The standard InChI is InChI=1S/C18H19NO2/c20-16-9-12-5-6-15-18(14(12)10-17(16)21)13-4-2-1-3-11(13)7-8-19-15/h1-4,9-10,15,18-21H,5-8H2/t15-,18-/m1/s1. The smallest absolute Gasteiger partial charge is 0.157 e. The first kappa shape index (κ1) is 12.7. The molecule has 2 aromatic rings. The molecule has 1 aliphatic carbocycles. The zero-order valence-electron chi connectivity index (χ0n) is 11.8. The van der Waals surface area contributed by atoms with Gasteiger partial charge in [-0.05, 0) is 60.2 Å². The lowest BCUT2D eigenvalue weighted by molar-refractivity contribution is 0.394. The van der Waals surface area contributed by atoms with E-state index in [0.29, 0.717) is 6.04 Å². The van der Waals surface area contributed by atoms with Gasteiger partial charge in [-0.3, -0.25) is 0 Å². The molecule has 0 fully saturated rings. The molecule has 4 rings (SSSR count). The van der Waals surface area contributed by atoms with Crippen LogP contribution in [0, 0.1) is 0 Å². The molecule has 0 saturated carbocycles. The number of nitrogens with one attached hydrogen (secondary N) is 1. The third-order valence-electron chi connectivity index (χ3n) is 4.89. The van der Waals surface area contributed by atoms with E-state index in [0.717, 1.165) is 36.9 Å². The van der Waals surface area contributed by atoms with E-state index in [9.17, 15) is 10.2 Å². The maximum atomic E-state index is 9.91. The van der Waals surface area contributed by atoms with E-state index in [1.807, 2.05) is 0 Å². The van der Waals surface area contributed by atoms with Crippen LogP contribution in [0.4, 0.5) is 0 Å². The summed E-state index contributed by atoms with van der Waals surface area (Å²) in [5.41, 5.74) is 5.06. The van der Waals surface area contributed by atoms with Gasteiger partial charge in [-0.1, -0.05) is 24.3 Å². The van der Waals surface area contributed by atoms with Crippen molar-refractivity contribution in [3.05, 3.63) is 58.7 Å².